The van der Waals surface area contributed by atoms with E-state index in [1.165, 1.54) is 57.7 Å². The molecule has 2 aliphatic heterocycles. The molecule has 1 fully saturated rings. The van der Waals surface area contributed by atoms with Gasteiger partial charge in [0.15, 0.2) is 53.6 Å². The van der Waals surface area contributed by atoms with Crippen LogP contribution < -0.4 is 55.4 Å². The number of carbonyl (C=O) groups is 4. The van der Waals surface area contributed by atoms with Crippen LogP contribution in [0.1, 0.15) is 11.5 Å². The third-order valence-electron chi connectivity index (χ3n) is 7.28. The van der Waals surface area contributed by atoms with E-state index in [9.17, 15) is 39.6 Å². The summed E-state index contributed by atoms with van der Waals surface area (Å²) in [6, 6.07) is 7.89. The largest absolute Gasteiger partial charge is 1.00 e. The van der Waals surface area contributed by atoms with Gasteiger partial charge in [-0.05, 0) is 23.8 Å². The minimum absolute atomic E-state index is 0. The number of benzene rings is 1. The summed E-state index contributed by atoms with van der Waals surface area (Å²) >= 11 is 3.62. The average molecular weight is 762 g/mol. The van der Waals surface area contributed by atoms with Crippen LogP contribution in [0.4, 0.5) is 5.13 Å². The van der Waals surface area contributed by atoms with Crippen LogP contribution in [0.2, 0.25) is 0 Å². The van der Waals surface area contributed by atoms with Crippen molar-refractivity contribution in [1.82, 2.24) is 20.4 Å². The number of aromatic nitrogens is 3. The number of fused-ring (bicyclic) bond motifs is 1. The molecule has 51 heavy (non-hydrogen) atoms. The molecule has 2 unspecified atom stereocenters. The van der Waals surface area contributed by atoms with E-state index in [1.807, 2.05) is 0 Å². The number of nitrogens with zero attached hydrogens (tertiary/aromatic N) is 5. The zero-order valence-electron chi connectivity index (χ0n) is 26.4. The van der Waals surface area contributed by atoms with E-state index in [1.54, 1.807) is 24.5 Å². The maximum atomic E-state index is 13.4. The molecule has 2 aliphatic rings. The number of thiazole rings is 1. The number of phenolic OH excluding ortho intramolecular Hbond substituents is 2. The van der Waals surface area contributed by atoms with Crippen molar-refractivity contribution in [2.75, 3.05) is 17.2 Å². The average Bonchev–Trinajstić information content (AvgIpc) is 3.74. The molecule has 0 saturated carbocycles. The van der Waals surface area contributed by atoms with Crippen LogP contribution in [-0.2, 0) is 37.2 Å². The number of hydrogen-bond donors (Lipinski definition) is 4. The second-order valence-electron chi connectivity index (χ2n) is 10.6. The number of amides is 2. The van der Waals surface area contributed by atoms with Crippen LogP contribution >= 0.6 is 34.9 Å². The molecule has 17 nitrogen and oxygen atoms in total. The molecule has 2 amide bonds. The van der Waals surface area contributed by atoms with Gasteiger partial charge in [0.1, 0.15) is 28.8 Å². The van der Waals surface area contributed by atoms with Gasteiger partial charge in [-0.3, -0.25) is 14.5 Å². The number of carboxylic acids is 2. The van der Waals surface area contributed by atoms with Crippen LogP contribution in [0.25, 0.3) is 11.3 Å². The number of nitrogen functional groups attached to an aromatic ring is 1. The Balaban J connectivity index is 0.00000504. The van der Waals surface area contributed by atoms with E-state index < -0.39 is 35.2 Å². The van der Waals surface area contributed by atoms with Gasteiger partial charge in [0.2, 0.25) is 0 Å². The molecule has 4 aromatic rings. The monoisotopic (exact) mass is 761 g/mol. The first-order valence-corrected chi connectivity index (χ1v) is 17.3. The maximum absolute atomic E-state index is 13.4. The van der Waals surface area contributed by atoms with Gasteiger partial charge in [-0.25, -0.2) is 4.98 Å². The summed E-state index contributed by atoms with van der Waals surface area (Å²) in [6.07, 6.45) is 3.12. The fourth-order valence-corrected chi connectivity index (χ4v) is 7.84. The summed E-state index contributed by atoms with van der Waals surface area (Å²) in [4.78, 5) is 61.0. The van der Waals surface area contributed by atoms with Crippen molar-refractivity contribution in [1.29, 1.82) is 0 Å². The standard InChI is InChI=1S/C30H25N7O10S3.Na/c31-30-32-19(13-50-30)23(35-46-10-16-8-18(34-47-16)14-1-2-20(38)21(39)7-14)26(42)33-24-27(43)37-25(29(44)45)15(12-49-28(24)37)11-48-17-3-5-36(6-4-17)9-22(40)41;/h1-8,13,24,28H,9-12H2,(H6-,31,32,33,34,35,38,39,40,41,42,44,45);/q;+1/p-1. The molecule has 21 heteroatoms. The third kappa shape index (κ3) is 8.48. The molecule has 0 bridgehead atoms. The van der Waals surface area contributed by atoms with Gasteiger partial charge in [-0.15, -0.1) is 34.9 Å². The van der Waals surface area contributed by atoms with Gasteiger partial charge in [0, 0.05) is 45.5 Å². The first-order chi connectivity index (χ1) is 24.0. The molecule has 1 aromatic carbocycles. The minimum Gasteiger partial charge on any atom is -0.544 e. The summed E-state index contributed by atoms with van der Waals surface area (Å²) in [6.45, 7) is -0.582. The Bertz CT molecular complexity index is 2050. The molecule has 5 N–H and O–H groups in total. The van der Waals surface area contributed by atoms with Crippen molar-refractivity contribution < 1.29 is 83.1 Å². The molecule has 0 spiro atoms. The van der Waals surface area contributed by atoms with Crippen LogP contribution in [0, 0.1) is 0 Å². The topological polar surface area (TPSA) is 261 Å². The molecule has 1 saturated heterocycles. The minimum atomic E-state index is -1.53. The molecule has 258 valence electrons. The predicted molar refractivity (Wildman–Crippen MR) is 173 cm³/mol. The number of thioether (sulfide) groups is 2. The second kappa shape index (κ2) is 16.2. The van der Waals surface area contributed by atoms with Crippen LogP contribution in [0.15, 0.2) is 80.0 Å². The Labute approximate surface area is 322 Å². The summed E-state index contributed by atoms with van der Waals surface area (Å²) in [5.74, 6) is -4.22. The zero-order chi connectivity index (χ0) is 35.5. The number of phenols is 2. The van der Waals surface area contributed by atoms with Gasteiger partial charge in [0.05, 0.1) is 11.7 Å². The van der Waals surface area contributed by atoms with E-state index in [2.05, 4.69) is 20.6 Å². The molecule has 2 atom stereocenters. The molecule has 5 heterocycles. The smallest absolute Gasteiger partial charge is 0.544 e. The van der Waals surface area contributed by atoms with Gasteiger partial charge in [-0.2, -0.15) is 4.57 Å². The van der Waals surface area contributed by atoms with Gasteiger partial charge in [-0.1, -0.05) is 10.3 Å². The maximum Gasteiger partial charge on any atom is 1.00 e. The van der Waals surface area contributed by atoms with Gasteiger partial charge >= 0.3 is 29.6 Å². The Hall–Kier alpha value is -4.60. The van der Waals surface area contributed by atoms with E-state index in [0.717, 1.165) is 21.1 Å². The molecule has 0 radical (unpaired) electrons. The van der Waals surface area contributed by atoms with Crippen molar-refractivity contribution in [3.05, 3.63) is 76.9 Å². The number of nitrogens with two attached hydrogens (primary N) is 1. The number of rotatable bonds is 13. The summed E-state index contributed by atoms with van der Waals surface area (Å²) in [7, 11) is 0. The fourth-order valence-electron chi connectivity index (χ4n) is 4.92. The Kier molecular flexibility index (Phi) is 11.9. The summed E-state index contributed by atoms with van der Waals surface area (Å²) in [5, 5.41) is 53.6. The van der Waals surface area contributed by atoms with E-state index in [0.29, 0.717) is 16.8 Å². The number of oxime groups is 1. The van der Waals surface area contributed by atoms with E-state index in [4.69, 9.17) is 15.1 Å². The number of aromatic hydroxyl groups is 2. The quantitative estimate of drug-likeness (QED) is 0.0192. The van der Waals surface area contributed by atoms with Crippen LogP contribution in [0.3, 0.4) is 0 Å². The number of carbonyl (C=O) groups excluding carboxylic acids is 4. The Morgan fingerprint density at radius 2 is 1.94 bits per heavy atom. The molecular formula is C30H24N7NaO10S3. The number of aliphatic carboxylic acids is 2. The normalized spacial score (nSPS) is 16.9. The van der Waals surface area contributed by atoms with Crippen molar-refractivity contribution in [3.8, 4) is 22.8 Å². The first kappa shape index (κ1) is 37.7. The number of hydrogen-bond acceptors (Lipinski definition) is 17. The van der Waals surface area contributed by atoms with E-state index >= 15 is 0 Å². The van der Waals surface area contributed by atoms with Crippen molar-refractivity contribution in [2.45, 2.75) is 29.5 Å². The van der Waals surface area contributed by atoms with Crippen molar-refractivity contribution in [2.24, 2.45) is 5.16 Å². The summed E-state index contributed by atoms with van der Waals surface area (Å²) < 4.78 is 6.67. The van der Waals surface area contributed by atoms with E-state index in [-0.39, 0.29) is 93.7 Å². The Morgan fingerprint density at radius 3 is 2.61 bits per heavy atom. The number of nitrogens with one attached hydrogen (secondary N) is 1. The van der Waals surface area contributed by atoms with Gasteiger partial charge in [0.25, 0.3) is 11.8 Å². The predicted octanol–water partition coefficient (Wildman–Crippen LogP) is -4.05. The number of β-lactam (4-membered cyclic amide) rings is 1. The number of pyridine rings is 1. The third-order valence-corrected chi connectivity index (χ3v) is 10.4. The zero-order valence-corrected chi connectivity index (χ0v) is 30.8. The van der Waals surface area contributed by atoms with Gasteiger partial charge < -0.3 is 50.4 Å². The van der Waals surface area contributed by atoms with Crippen LogP contribution in [-0.4, -0.2) is 77.6 Å². The SMILES string of the molecule is Nc1nc(/C(=N/OCc2cc(-c3ccc(O)c(O)c3)no2)C(=O)NC2C(=O)N3C(C(=O)[O-])=C(CSc4cc[n+](CC(=O)[O-])cc4)CSC23)cs1.[Na+]. The van der Waals surface area contributed by atoms with Crippen LogP contribution in [0.5, 0.6) is 11.5 Å². The molecule has 3 aromatic heterocycles. The molecule has 6 rings (SSSR count). The number of carboxylic acid groups (broad SMARTS) is 2. The summed E-state index contributed by atoms with van der Waals surface area (Å²) in [5.41, 5.74) is 6.52. The Morgan fingerprint density at radius 1 is 1.18 bits per heavy atom. The molecular weight excluding hydrogens is 738 g/mol. The first-order valence-electron chi connectivity index (χ1n) is 14.4. The van der Waals surface area contributed by atoms with Crippen molar-refractivity contribution in [3.63, 3.8) is 0 Å². The van der Waals surface area contributed by atoms with Crippen molar-refractivity contribution >= 4 is 69.5 Å². The number of anilines is 1. The fraction of sp³-hybridized carbons (Fsp3) is 0.200. The molecule has 0 aliphatic carbocycles. The second-order valence-corrected chi connectivity index (χ2v) is 13.7.